The molecular weight excluding hydrogens is 400 g/mol. The lowest BCUT2D eigenvalue weighted by molar-refractivity contribution is 0.103. The zero-order valence-corrected chi connectivity index (χ0v) is 16.7. The molecule has 2 N–H and O–H groups in total. The van der Waals surface area contributed by atoms with Crippen molar-refractivity contribution in [3.05, 3.63) is 107 Å². The van der Waals surface area contributed by atoms with Gasteiger partial charge < -0.3 is 5.73 Å². The molecule has 1 heterocycles. The number of rotatable bonds is 6. The van der Waals surface area contributed by atoms with Crippen LogP contribution in [0.3, 0.4) is 0 Å². The summed E-state index contributed by atoms with van der Waals surface area (Å²) in [7, 11) is -3.93. The molecule has 0 atom stereocenters. The fraction of sp³-hybridized carbons (Fsp3) is 0.0455. The van der Waals surface area contributed by atoms with Crippen LogP contribution in [0, 0.1) is 0 Å². The van der Waals surface area contributed by atoms with Crippen LogP contribution in [0.2, 0.25) is 0 Å². The minimum atomic E-state index is -3.93. The Morgan fingerprint density at radius 3 is 2.20 bits per heavy atom. The molecule has 4 rings (SSSR count). The van der Waals surface area contributed by atoms with Gasteiger partial charge in [0.2, 0.25) is 5.95 Å². The van der Waals surface area contributed by atoms with Crippen molar-refractivity contribution < 1.29 is 13.2 Å². The lowest BCUT2D eigenvalue weighted by atomic mass is 10.0. The van der Waals surface area contributed by atoms with Gasteiger partial charge in [0.05, 0.1) is 4.90 Å². The first-order chi connectivity index (χ1) is 14.4. The van der Waals surface area contributed by atoms with E-state index in [1.165, 1.54) is 12.1 Å². The number of aromatic nitrogens is 3. The molecule has 0 saturated heterocycles. The van der Waals surface area contributed by atoms with Crippen molar-refractivity contribution in [1.29, 1.82) is 0 Å². The molecule has 3 aromatic carbocycles. The number of nitrogens with two attached hydrogens (primary N) is 1. The molecule has 30 heavy (non-hydrogen) atoms. The second kappa shape index (κ2) is 7.92. The number of hydrogen-bond donors (Lipinski definition) is 1. The molecule has 0 aliphatic heterocycles. The van der Waals surface area contributed by atoms with Gasteiger partial charge in [-0.15, -0.1) is 9.19 Å². The summed E-state index contributed by atoms with van der Waals surface area (Å²) in [5.74, 6) is -0.0659. The van der Waals surface area contributed by atoms with Gasteiger partial charge in [-0.1, -0.05) is 66.7 Å². The predicted octanol–water partition coefficient (Wildman–Crippen LogP) is 2.92. The van der Waals surface area contributed by atoms with Crippen molar-refractivity contribution in [3.8, 4) is 0 Å². The van der Waals surface area contributed by atoms with Crippen LogP contribution >= 0.6 is 0 Å². The standard InChI is InChI=1S/C22H18N4O3S/c23-22-24-20(25-26(22)30(28,29)19-12-5-2-6-13-19)15-16-8-7-11-18(14-16)21(27)17-9-3-1-4-10-17/h1-14H,15H2,(H2,23,24,25). The van der Waals surface area contributed by atoms with Crippen molar-refractivity contribution in [2.24, 2.45) is 0 Å². The molecule has 0 aliphatic carbocycles. The molecular formula is C22H18N4O3S. The number of hydrogen-bond acceptors (Lipinski definition) is 6. The van der Waals surface area contributed by atoms with Crippen LogP contribution in [-0.4, -0.2) is 28.4 Å². The van der Waals surface area contributed by atoms with Crippen LogP contribution in [0.1, 0.15) is 27.3 Å². The summed E-state index contributed by atoms with van der Waals surface area (Å²) >= 11 is 0. The van der Waals surface area contributed by atoms with Gasteiger partial charge in [-0.2, -0.15) is 13.4 Å². The fourth-order valence-corrected chi connectivity index (χ4v) is 4.25. The molecule has 0 spiro atoms. The highest BCUT2D eigenvalue weighted by atomic mass is 32.2. The van der Waals surface area contributed by atoms with Gasteiger partial charge in [0.15, 0.2) is 11.6 Å². The Balaban J connectivity index is 1.61. The third kappa shape index (κ3) is 3.85. The molecule has 4 aromatic rings. The second-order valence-electron chi connectivity index (χ2n) is 6.62. The second-order valence-corrected chi connectivity index (χ2v) is 8.39. The molecule has 0 radical (unpaired) electrons. The molecule has 0 amide bonds. The summed E-state index contributed by atoms with van der Waals surface area (Å²) in [5.41, 5.74) is 7.72. The van der Waals surface area contributed by atoms with Crippen LogP contribution in [0.5, 0.6) is 0 Å². The number of ketones is 1. The topological polar surface area (TPSA) is 108 Å². The van der Waals surface area contributed by atoms with E-state index in [0.29, 0.717) is 11.1 Å². The highest BCUT2D eigenvalue weighted by Gasteiger charge is 2.22. The van der Waals surface area contributed by atoms with Gasteiger partial charge >= 0.3 is 0 Å². The van der Waals surface area contributed by atoms with E-state index in [-0.39, 0.29) is 28.9 Å². The van der Waals surface area contributed by atoms with Gasteiger partial charge in [-0.3, -0.25) is 4.79 Å². The number of benzene rings is 3. The zero-order chi connectivity index (χ0) is 21.1. The molecule has 0 bridgehead atoms. The minimum absolute atomic E-state index is 0.0728. The van der Waals surface area contributed by atoms with E-state index >= 15 is 0 Å². The molecule has 0 unspecified atom stereocenters. The maximum Gasteiger partial charge on any atom is 0.286 e. The van der Waals surface area contributed by atoms with E-state index in [0.717, 1.165) is 9.65 Å². The summed E-state index contributed by atoms with van der Waals surface area (Å²) in [6, 6.07) is 24.0. The first-order valence-corrected chi connectivity index (χ1v) is 10.6. The van der Waals surface area contributed by atoms with Gasteiger partial charge in [0.25, 0.3) is 10.0 Å². The van der Waals surface area contributed by atoms with Gasteiger partial charge in [0, 0.05) is 17.5 Å². The quantitative estimate of drug-likeness (QED) is 0.482. The Labute approximate surface area is 173 Å². The van der Waals surface area contributed by atoms with Crippen molar-refractivity contribution >= 4 is 21.8 Å². The number of carbonyl (C=O) groups excluding carboxylic acids is 1. The lowest BCUT2D eigenvalue weighted by Crippen LogP contribution is -2.17. The van der Waals surface area contributed by atoms with E-state index in [4.69, 9.17) is 5.73 Å². The Morgan fingerprint density at radius 2 is 1.50 bits per heavy atom. The average Bonchev–Trinajstić information content (AvgIpc) is 3.15. The van der Waals surface area contributed by atoms with E-state index in [1.54, 1.807) is 48.5 Å². The Hall–Kier alpha value is -3.78. The predicted molar refractivity (Wildman–Crippen MR) is 113 cm³/mol. The van der Waals surface area contributed by atoms with E-state index in [9.17, 15) is 13.2 Å². The molecule has 0 aliphatic rings. The van der Waals surface area contributed by atoms with Crippen molar-refractivity contribution in [3.63, 3.8) is 0 Å². The summed E-state index contributed by atoms with van der Waals surface area (Å²) < 4.78 is 26.2. The highest BCUT2D eigenvalue weighted by Crippen LogP contribution is 2.18. The first-order valence-electron chi connectivity index (χ1n) is 9.16. The van der Waals surface area contributed by atoms with Crippen LogP contribution < -0.4 is 5.73 Å². The number of carbonyl (C=O) groups is 1. The Morgan fingerprint density at radius 1 is 0.867 bits per heavy atom. The van der Waals surface area contributed by atoms with Crippen LogP contribution in [0.15, 0.2) is 89.8 Å². The fourth-order valence-electron chi connectivity index (χ4n) is 3.06. The Bertz CT molecular complexity index is 1300. The molecule has 1 aromatic heterocycles. The molecule has 8 heteroatoms. The van der Waals surface area contributed by atoms with Crippen molar-refractivity contribution in [2.75, 3.05) is 5.73 Å². The van der Waals surface area contributed by atoms with E-state index in [1.807, 2.05) is 24.3 Å². The highest BCUT2D eigenvalue weighted by molar-refractivity contribution is 7.90. The van der Waals surface area contributed by atoms with Crippen molar-refractivity contribution in [1.82, 2.24) is 14.2 Å². The molecule has 150 valence electrons. The van der Waals surface area contributed by atoms with Crippen LogP contribution in [-0.2, 0) is 16.4 Å². The monoisotopic (exact) mass is 418 g/mol. The van der Waals surface area contributed by atoms with Crippen molar-refractivity contribution in [2.45, 2.75) is 11.3 Å². The molecule has 7 nitrogen and oxygen atoms in total. The number of nitrogens with zero attached hydrogens (tertiary/aromatic N) is 3. The summed E-state index contributed by atoms with van der Waals surface area (Å²) in [6.45, 7) is 0. The summed E-state index contributed by atoms with van der Waals surface area (Å²) in [4.78, 5) is 16.8. The smallest absolute Gasteiger partial charge is 0.286 e. The van der Waals surface area contributed by atoms with Crippen LogP contribution in [0.25, 0.3) is 0 Å². The van der Waals surface area contributed by atoms with E-state index in [2.05, 4.69) is 10.1 Å². The zero-order valence-electron chi connectivity index (χ0n) is 15.8. The third-order valence-electron chi connectivity index (χ3n) is 4.50. The van der Waals surface area contributed by atoms with Gasteiger partial charge in [-0.25, -0.2) is 0 Å². The van der Waals surface area contributed by atoms with E-state index < -0.39 is 10.0 Å². The van der Waals surface area contributed by atoms with Gasteiger partial charge in [0.1, 0.15) is 0 Å². The maximum absolute atomic E-state index is 12.8. The lowest BCUT2D eigenvalue weighted by Gasteiger charge is -2.05. The van der Waals surface area contributed by atoms with Gasteiger partial charge in [-0.05, 0) is 23.8 Å². The SMILES string of the molecule is Nc1nc(Cc2cccc(C(=O)c3ccccc3)c2)nn1S(=O)(=O)c1ccccc1. The first kappa shape index (κ1) is 19.5. The maximum atomic E-state index is 12.8. The Kier molecular flexibility index (Phi) is 5.16. The summed E-state index contributed by atoms with van der Waals surface area (Å²) in [5, 5.41) is 4.09. The summed E-state index contributed by atoms with van der Waals surface area (Å²) in [6.07, 6.45) is 0.234. The third-order valence-corrected chi connectivity index (χ3v) is 6.09. The molecule has 0 saturated carbocycles. The number of anilines is 1. The molecule has 0 fully saturated rings. The number of nitrogen functional groups attached to an aromatic ring is 1. The largest absolute Gasteiger partial charge is 0.367 e. The normalized spacial score (nSPS) is 11.3. The van der Waals surface area contributed by atoms with Crippen LogP contribution in [0.4, 0.5) is 5.95 Å². The minimum Gasteiger partial charge on any atom is -0.367 e. The average molecular weight is 418 g/mol.